The standard InChI is InChI=1S/C12H10BrCl2NS/c1-6-7(3-2-4-9(6)14)11(16)10-5-8(13)12(15)17-10/h2-5,11H,16H2,1H3. The molecule has 0 fully saturated rings. The van der Waals surface area contributed by atoms with E-state index in [0.29, 0.717) is 0 Å². The van der Waals surface area contributed by atoms with Gasteiger partial charge in [0.2, 0.25) is 0 Å². The molecule has 2 aromatic rings. The molecule has 90 valence electrons. The molecule has 0 amide bonds. The first-order valence-electron chi connectivity index (χ1n) is 4.96. The molecular formula is C12H10BrCl2NS. The van der Waals surface area contributed by atoms with Gasteiger partial charge in [-0.3, -0.25) is 0 Å². The fourth-order valence-electron chi connectivity index (χ4n) is 1.63. The zero-order valence-corrected chi connectivity index (χ0v) is 12.9. The van der Waals surface area contributed by atoms with Crippen LogP contribution in [0.1, 0.15) is 22.0 Å². The van der Waals surface area contributed by atoms with E-state index in [-0.39, 0.29) is 6.04 Å². The SMILES string of the molecule is Cc1c(Cl)cccc1C(N)c1cc(Br)c(Cl)s1. The van der Waals surface area contributed by atoms with Gasteiger partial charge in [-0.15, -0.1) is 11.3 Å². The molecule has 2 rings (SSSR count). The number of hydrogen-bond donors (Lipinski definition) is 1. The highest BCUT2D eigenvalue weighted by Gasteiger charge is 2.16. The number of thiophene rings is 1. The molecule has 1 nitrogen and oxygen atoms in total. The Morgan fingerprint density at radius 3 is 2.65 bits per heavy atom. The van der Waals surface area contributed by atoms with Crippen molar-refractivity contribution < 1.29 is 0 Å². The molecule has 0 aliphatic rings. The van der Waals surface area contributed by atoms with Crippen molar-refractivity contribution in [3.8, 4) is 0 Å². The van der Waals surface area contributed by atoms with Gasteiger partial charge in [-0.25, -0.2) is 0 Å². The third-order valence-corrected chi connectivity index (χ3v) is 5.58. The molecule has 0 bridgehead atoms. The van der Waals surface area contributed by atoms with Crippen LogP contribution in [0.3, 0.4) is 0 Å². The molecule has 1 aromatic heterocycles. The van der Waals surface area contributed by atoms with E-state index in [1.165, 1.54) is 11.3 Å². The summed E-state index contributed by atoms with van der Waals surface area (Å²) in [6.07, 6.45) is 0. The van der Waals surface area contributed by atoms with Gasteiger partial charge in [-0.05, 0) is 46.1 Å². The number of nitrogens with two attached hydrogens (primary N) is 1. The van der Waals surface area contributed by atoms with Gasteiger partial charge in [-0.2, -0.15) is 0 Å². The second kappa shape index (κ2) is 5.29. The fourth-order valence-corrected chi connectivity index (χ4v) is 3.57. The van der Waals surface area contributed by atoms with Gasteiger partial charge < -0.3 is 5.73 Å². The van der Waals surface area contributed by atoms with Crippen molar-refractivity contribution in [2.24, 2.45) is 5.73 Å². The average molecular weight is 351 g/mol. The first-order chi connectivity index (χ1) is 8.00. The molecule has 0 spiro atoms. The molecule has 1 unspecified atom stereocenters. The minimum Gasteiger partial charge on any atom is -0.320 e. The van der Waals surface area contributed by atoms with E-state index < -0.39 is 0 Å². The highest BCUT2D eigenvalue weighted by atomic mass is 79.9. The number of hydrogen-bond acceptors (Lipinski definition) is 2. The van der Waals surface area contributed by atoms with Crippen molar-refractivity contribution in [1.82, 2.24) is 0 Å². The Hall–Kier alpha value is -0.0600. The second-order valence-electron chi connectivity index (χ2n) is 3.70. The van der Waals surface area contributed by atoms with E-state index in [9.17, 15) is 0 Å². The van der Waals surface area contributed by atoms with E-state index in [1.54, 1.807) is 0 Å². The molecule has 0 aliphatic carbocycles. The monoisotopic (exact) mass is 349 g/mol. The summed E-state index contributed by atoms with van der Waals surface area (Å²) in [5, 5.41) is 0.736. The van der Waals surface area contributed by atoms with Gasteiger partial charge in [0.05, 0.1) is 6.04 Å². The maximum atomic E-state index is 6.24. The van der Waals surface area contributed by atoms with Crippen LogP contribution in [-0.2, 0) is 0 Å². The van der Waals surface area contributed by atoms with Crippen molar-refractivity contribution in [3.63, 3.8) is 0 Å². The summed E-state index contributed by atoms with van der Waals surface area (Å²) in [4.78, 5) is 1.02. The highest BCUT2D eigenvalue weighted by molar-refractivity contribution is 9.10. The van der Waals surface area contributed by atoms with Crippen LogP contribution in [0.25, 0.3) is 0 Å². The Balaban J connectivity index is 2.43. The predicted octanol–water partition coefficient (Wildman–Crippen LogP) is 5.17. The van der Waals surface area contributed by atoms with Crippen LogP contribution >= 0.6 is 50.5 Å². The van der Waals surface area contributed by atoms with Gasteiger partial charge in [0, 0.05) is 14.4 Å². The van der Waals surface area contributed by atoms with Crippen LogP contribution in [0.2, 0.25) is 9.36 Å². The van der Waals surface area contributed by atoms with Gasteiger partial charge in [0.25, 0.3) is 0 Å². The Labute approximate surface area is 123 Å². The van der Waals surface area contributed by atoms with Crippen LogP contribution in [0.5, 0.6) is 0 Å². The number of benzene rings is 1. The quantitative estimate of drug-likeness (QED) is 0.793. The van der Waals surface area contributed by atoms with Crippen molar-refractivity contribution in [2.75, 3.05) is 0 Å². The van der Waals surface area contributed by atoms with E-state index in [4.69, 9.17) is 28.9 Å². The molecule has 2 N–H and O–H groups in total. The molecule has 0 radical (unpaired) electrons. The van der Waals surface area contributed by atoms with Crippen molar-refractivity contribution in [2.45, 2.75) is 13.0 Å². The lowest BCUT2D eigenvalue weighted by Crippen LogP contribution is -2.11. The van der Waals surface area contributed by atoms with Gasteiger partial charge in [0.15, 0.2) is 0 Å². The first-order valence-corrected chi connectivity index (χ1v) is 7.32. The second-order valence-corrected chi connectivity index (χ2v) is 6.65. The lowest BCUT2D eigenvalue weighted by molar-refractivity contribution is 0.882. The average Bonchev–Trinajstić information content (AvgIpc) is 2.62. The van der Waals surface area contributed by atoms with Crippen molar-refractivity contribution in [1.29, 1.82) is 0 Å². The molecule has 0 saturated heterocycles. The van der Waals surface area contributed by atoms with E-state index in [1.807, 2.05) is 31.2 Å². The highest BCUT2D eigenvalue weighted by Crippen LogP contribution is 2.37. The van der Waals surface area contributed by atoms with Crippen LogP contribution in [0.15, 0.2) is 28.7 Å². The maximum Gasteiger partial charge on any atom is 0.107 e. The van der Waals surface area contributed by atoms with E-state index in [2.05, 4.69) is 15.9 Å². The smallest absolute Gasteiger partial charge is 0.107 e. The number of rotatable bonds is 2. The minimum absolute atomic E-state index is 0.192. The largest absolute Gasteiger partial charge is 0.320 e. The van der Waals surface area contributed by atoms with Crippen molar-refractivity contribution in [3.05, 3.63) is 54.1 Å². The molecule has 5 heteroatoms. The molecule has 0 saturated carbocycles. The lowest BCUT2D eigenvalue weighted by Gasteiger charge is -2.13. The fraction of sp³-hybridized carbons (Fsp3) is 0.167. The van der Waals surface area contributed by atoms with Gasteiger partial charge in [-0.1, -0.05) is 35.3 Å². The Morgan fingerprint density at radius 2 is 2.06 bits per heavy atom. The summed E-state index contributed by atoms with van der Waals surface area (Å²) in [6, 6.07) is 7.53. The molecular weight excluding hydrogens is 341 g/mol. The summed E-state index contributed by atoms with van der Waals surface area (Å²) in [7, 11) is 0. The molecule has 1 aromatic carbocycles. The Morgan fingerprint density at radius 1 is 1.35 bits per heavy atom. The van der Waals surface area contributed by atoms with E-state index >= 15 is 0 Å². The van der Waals surface area contributed by atoms with Crippen LogP contribution < -0.4 is 5.73 Å². The summed E-state index contributed by atoms with van der Waals surface area (Å²) in [6.45, 7) is 1.97. The zero-order chi connectivity index (χ0) is 12.6. The predicted molar refractivity (Wildman–Crippen MR) is 79.2 cm³/mol. The van der Waals surface area contributed by atoms with Crippen molar-refractivity contribution >= 4 is 50.5 Å². The molecule has 1 heterocycles. The van der Waals surface area contributed by atoms with E-state index in [0.717, 1.165) is 29.8 Å². The third kappa shape index (κ3) is 2.69. The van der Waals surface area contributed by atoms with Crippen LogP contribution in [0.4, 0.5) is 0 Å². The summed E-state index contributed by atoms with van der Waals surface area (Å²) in [5.41, 5.74) is 8.29. The Bertz CT molecular complexity index is 534. The molecule has 1 atom stereocenters. The minimum atomic E-state index is -0.192. The molecule has 0 aliphatic heterocycles. The number of halogens is 3. The topological polar surface area (TPSA) is 26.0 Å². The summed E-state index contributed by atoms with van der Waals surface area (Å²) >= 11 is 17.0. The zero-order valence-electron chi connectivity index (χ0n) is 9.01. The third-order valence-electron chi connectivity index (χ3n) is 2.62. The first kappa shape index (κ1) is 13.4. The maximum absolute atomic E-state index is 6.24. The normalized spacial score (nSPS) is 12.8. The molecule has 17 heavy (non-hydrogen) atoms. The summed E-state index contributed by atoms with van der Waals surface area (Å²) in [5.74, 6) is 0. The Kier molecular flexibility index (Phi) is 4.16. The summed E-state index contributed by atoms with van der Waals surface area (Å²) < 4.78 is 1.60. The van der Waals surface area contributed by atoms with Crippen LogP contribution in [-0.4, -0.2) is 0 Å². The van der Waals surface area contributed by atoms with Gasteiger partial charge in [0.1, 0.15) is 4.34 Å². The lowest BCUT2D eigenvalue weighted by atomic mass is 10.0. The van der Waals surface area contributed by atoms with Crippen LogP contribution in [0, 0.1) is 6.92 Å². The van der Waals surface area contributed by atoms with Gasteiger partial charge >= 0.3 is 0 Å².